The molecule has 1 rings (SSSR count). The van der Waals surface area contributed by atoms with E-state index in [4.69, 9.17) is 4.74 Å². The maximum absolute atomic E-state index is 9.75. The number of rotatable bonds is 7. The first-order valence-electron chi connectivity index (χ1n) is 5.67. The van der Waals surface area contributed by atoms with Crippen molar-refractivity contribution in [1.29, 1.82) is 0 Å². The Hall–Kier alpha value is -0.380. The molecule has 0 saturated heterocycles. The number of hydrogen-bond donors (Lipinski definition) is 1. The number of ether oxygens (including phenoxy) is 1. The zero-order chi connectivity index (χ0) is 11.8. The minimum absolute atomic E-state index is 0.133. The SMILES string of the molecule is CCC[C@H](Br)[C@H](O)COCc1ccccc1. The predicted octanol–water partition coefficient (Wildman–Crippen LogP) is 3.13. The van der Waals surface area contributed by atoms with Crippen molar-refractivity contribution in [3.05, 3.63) is 35.9 Å². The van der Waals surface area contributed by atoms with Crippen LogP contribution in [0.5, 0.6) is 0 Å². The minimum atomic E-state index is -0.427. The first kappa shape index (κ1) is 13.7. The summed E-state index contributed by atoms with van der Waals surface area (Å²) in [5, 5.41) is 9.75. The maximum atomic E-state index is 9.75. The molecular weight excluding hydrogens is 268 g/mol. The van der Waals surface area contributed by atoms with Crippen molar-refractivity contribution in [2.45, 2.75) is 37.3 Å². The highest BCUT2D eigenvalue weighted by Crippen LogP contribution is 2.13. The summed E-state index contributed by atoms with van der Waals surface area (Å²) in [6.45, 7) is 3.04. The summed E-state index contributed by atoms with van der Waals surface area (Å²) in [6.07, 6.45) is 1.60. The molecule has 0 spiro atoms. The van der Waals surface area contributed by atoms with Gasteiger partial charge in [-0.3, -0.25) is 0 Å². The van der Waals surface area contributed by atoms with Gasteiger partial charge in [0.05, 0.1) is 19.3 Å². The van der Waals surface area contributed by atoms with Crippen LogP contribution in [0.25, 0.3) is 0 Å². The van der Waals surface area contributed by atoms with Crippen LogP contribution in [0.3, 0.4) is 0 Å². The molecule has 0 aliphatic rings. The first-order valence-corrected chi connectivity index (χ1v) is 6.59. The molecule has 1 aromatic rings. The fourth-order valence-corrected chi connectivity index (χ4v) is 2.05. The van der Waals surface area contributed by atoms with Gasteiger partial charge in [0, 0.05) is 4.83 Å². The Bertz CT molecular complexity index is 277. The smallest absolute Gasteiger partial charge is 0.0898 e. The topological polar surface area (TPSA) is 29.5 Å². The van der Waals surface area contributed by atoms with Crippen molar-refractivity contribution < 1.29 is 9.84 Å². The highest BCUT2D eigenvalue weighted by Gasteiger charge is 2.14. The van der Waals surface area contributed by atoms with Gasteiger partial charge in [-0.1, -0.05) is 59.6 Å². The Morgan fingerprint density at radius 1 is 1.31 bits per heavy atom. The standard InChI is InChI=1S/C13H19BrO2/c1-2-6-12(14)13(15)10-16-9-11-7-4-3-5-8-11/h3-5,7-8,12-13,15H,2,6,9-10H2,1H3/t12-,13+/m0/s1. The van der Waals surface area contributed by atoms with E-state index in [1.165, 1.54) is 0 Å². The van der Waals surface area contributed by atoms with E-state index in [1.54, 1.807) is 0 Å². The van der Waals surface area contributed by atoms with Crippen LogP contribution in [0, 0.1) is 0 Å². The Balaban J connectivity index is 2.20. The molecule has 16 heavy (non-hydrogen) atoms. The van der Waals surface area contributed by atoms with Crippen LogP contribution < -0.4 is 0 Å². The van der Waals surface area contributed by atoms with Gasteiger partial charge in [-0.2, -0.15) is 0 Å². The Morgan fingerprint density at radius 2 is 2.00 bits per heavy atom. The van der Waals surface area contributed by atoms with Gasteiger partial charge in [0.15, 0.2) is 0 Å². The number of aliphatic hydroxyl groups excluding tert-OH is 1. The quantitative estimate of drug-likeness (QED) is 0.781. The predicted molar refractivity (Wildman–Crippen MR) is 69.7 cm³/mol. The largest absolute Gasteiger partial charge is 0.390 e. The highest BCUT2D eigenvalue weighted by molar-refractivity contribution is 9.09. The number of hydrogen-bond acceptors (Lipinski definition) is 2. The van der Waals surface area contributed by atoms with Crippen LogP contribution >= 0.6 is 15.9 Å². The summed E-state index contributed by atoms with van der Waals surface area (Å²) in [5.74, 6) is 0. The van der Waals surface area contributed by atoms with Crippen molar-refractivity contribution in [2.24, 2.45) is 0 Å². The molecule has 0 aromatic heterocycles. The first-order chi connectivity index (χ1) is 7.74. The minimum Gasteiger partial charge on any atom is -0.390 e. The molecule has 0 saturated carbocycles. The number of aliphatic hydroxyl groups is 1. The monoisotopic (exact) mass is 286 g/mol. The third-order valence-corrected chi connectivity index (χ3v) is 3.45. The fraction of sp³-hybridized carbons (Fsp3) is 0.538. The van der Waals surface area contributed by atoms with Gasteiger partial charge in [-0.05, 0) is 12.0 Å². The van der Waals surface area contributed by atoms with E-state index in [9.17, 15) is 5.11 Å². The number of halogens is 1. The summed E-state index contributed by atoms with van der Waals surface area (Å²) in [5.41, 5.74) is 1.14. The molecule has 0 fully saturated rings. The van der Waals surface area contributed by atoms with Gasteiger partial charge >= 0.3 is 0 Å². The molecule has 3 heteroatoms. The van der Waals surface area contributed by atoms with Crippen molar-refractivity contribution >= 4 is 15.9 Å². The molecule has 0 aliphatic heterocycles. The van der Waals surface area contributed by atoms with E-state index >= 15 is 0 Å². The second-order valence-corrected chi connectivity index (χ2v) is 5.05. The van der Waals surface area contributed by atoms with E-state index < -0.39 is 6.10 Å². The molecule has 90 valence electrons. The maximum Gasteiger partial charge on any atom is 0.0898 e. The van der Waals surface area contributed by atoms with Crippen molar-refractivity contribution in [1.82, 2.24) is 0 Å². The lowest BCUT2D eigenvalue weighted by atomic mass is 10.2. The lowest BCUT2D eigenvalue weighted by Crippen LogP contribution is -2.25. The summed E-state index contributed by atoms with van der Waals surface area (Å²) in [6, 6.07) is 9.99. The molecule has 1 aromatic carbocycles. The van der Waals surface area contributed by atoms with Crippen LogP contribution in [0.1, 0.15) is 25.3 Å². The highest BCUT2D eigenvalue weighted by atomic mass is 79.9. The average molecular weight is 287 g/mol. The van der Waals surface area contributed by atoms with Crippen LogP contribution in [-0.2, 0) is 11.3 Å². The van der Waals surface area contributed by atoms with Crippen LogP contribution in [-0.4, -0.2) is 22.6 Å². The summed E-state index contributed by atoms with van der Waals surface area (Å²) in [7, 11) is 0. The second-order valence-electron chi connectivity index (χ2n) is 3.87. The van der Waals surface area contributed by atoms with Gasteiger partial charge in [0.1, 0.15) is 0 Å². The molecule has 0 amide bonds. The summed E-state index contributed by atoms with van der Waals surface area (Å²) >= 11 is 3.46. The van der Waals surface area contributed by atoms with E-state index in [2.05, 4.69) is 22.9 Å². The molecule has 0 aliphatic carbocycles. The van der Waals surface area contributed by atoms with Gasteiger partial charge in [0.2, 0.25) is 0 Å². The van der Waals surface area contributed by atoms with E-state index in [1.807, 2.05) is 30.3 Å². The Morgan fingerprint density at radius 3 is 2.62 bits per heavy atom. The van der Waals surface area contributed by atoms with E-state index in [0.717, 1.165) is 18.4 Å². The van der Waals surface area contributed by atoms with Crippen LogP contribution in [0.2, 0.25) is 0 Å². The van der Waals surface area contributed by atoms with Crippen LogP contribution in [0.15, 0.2) is 30.3 Å². The van der Waals surface area contributed by atoms with Crippen LogP contribution in [0.4, 0.5) is 0 Å². The molecule has 0 radical (unpaired) electrons. The van der Waals surface area contributed by atoms with E-state index in [0.29, 0.717) is 13.2 Å². The lowest BCUT2D eigenvalue weighted by molar-refractivity contribution is 0.0275. The third-order valence-electron chi connectivity index (χ3n) is 2.38. The van der Waals surface area contributed by atoms with Crippen molar-refractivity contribution in [2.75, 3.05) is 6.61 Å². The zero-order valence-corrected chi connectivity index (χ0v) is 11.2. The molecule has 1 N–H and O–H groups in total. The van der Waals surface area contributed by atoms with E-state index in [-0.39, 0.29) is 4.83 Å². The fourth-order valence-electron chi connectivity index (χ4n) is 1.44. The normalized spacial score (nSPS) is 14.7. The number of alkyl halides is 1. The van der Waals surface area contributed by atoms with Crippen molar-refractivity contribution in [3.63, 3.8) is 0 Å². The average Bonchev–Trinajstić information content (AvgIpc) is 2.30. The molecular formula is C13H19BrO2. The zero-order valence-electron chi connectivity index (χ0n) is 9.60. The molecule has 0 unspecified atom stereocenters. The third kappa shape index (κ3) is 5.10. The van der Waals surface area contributed by atoms with Gasteiger partial charge in [-0.25, -0.2) is 0 Å². The second kappa shape index (κ2) is 7.82. The summed E-state index contributed by atoms with van der Waals surface area (Å²) < 4.78 is 5.47. The molecule has 2 nitrogen and oxygen atoms in total. The molecule has 0 heterocycles. The summed E-state index contributed by atoms with van der Waals surface area (Å²) in [4.78, 5) is 0.133. The van der Waals surface area contributed by atoms with Gasteiger partial charge in [0.25, 0.3) is 0 Å². The van der Waals surface area contributed by atoms with Gasteiger partial charge < -0.3 is 9.84 Å². The molecule has 0 bridgehead atoms. The Labute approximate surface area is 106 Å². The van der Waals surface area contributed by atoms with Gasteiger partial charge in [-0.15, -0.1) is 0 Å². The Kier molecular flexibility index (Phi) is 6.69. The lowest BCUT2D eigenvalue weighted by Gasteiger charge is -2.16. The molecule has 2 atom stereocenters. The van der Waals surface area contributed by atoms with Crippen molar-refractivity contribution in [3.8, 4) is 0 Å². The number of benzene rings is 1.